The second-order valence-corrected chi connectivity index (χ2v) is 9.41. The van der Waals surface area contributed by atoms with E-state index in [1.54, 1.807) is 36.6 Å². The van der Waals surface area contributed by atoms with Crippen LogP contribution in [0.2, 0.25) is 0 Å². The molecule has 2 heterocycles. The van der Waals surface area contributed by atoms with E-state index < -0.39 is 15.6 Å². The minimum Gasteiger partial charge on any atom is -0.393 e. The lowest BCUT2D eigenvalue weighted by Gasteiger charge is -2.35. The molecule has 1 aromatic heterocycles. The molecule has 0 unspecified atom stereocenters. The van der Waals surface area contributed by atoms with Crippen molar-refractivity contribution in [1.29, 1.82) is 0 Å². The van der Waals surface area contributed by atoms with E-state index in [4.69, 9.17) is 0 Å². The van der Waals surface area contributed by atoms with Gasteiger partial charge >= 0.3 is 0 Å². The smallest absolute Gasteiger partial charge is 0.252 e. The fourth-order valence-corrected chi connectivity index (χ4v) is 5.41. The minimum atomic E-state index is -3.39. The number of anilines is 1. The SMILES string of the molecule is C[C@@](O)(CO)c1ccc(N2CCN(S(=O)(=O)c3cccs3)CC2)cc1. The lowest BCUT2D eigenvalue weighted by atomic mass is 9.97. The van der Waals surface area contributed by atoms with Crippen LogP contribution in [0.15, 0.2) is 46.0 Å². The highest BCUT2D eigenvalue weighted by atomic mass is 32.2. The molecule has 1 saturated heterocycles. The van der Waals surface area contributed by atoms with Crippen LogP contribution < -0.4 is 4.90 Å². The van der Waals surface area contributed by atoms with Crippen molar-refractivity contribution in [2.75, 3.05) is 37.7 Å². The number of sulfonamides is 1. The largest absolute Gasteiger partial charge is 0.393 e. The zero-order chi connectivity index (χ0) is 18.1. The fraction of sp³-hybridized carbons (Fsp3) is 0.412. The molecule has 3 rings (SSSR count). The zero-order valence-electron chi connectivity index (χ0n) is 14.0. The minimum absolute atomic E-state index is 0.342. The van der Waals surface area contributed by atoms with Gasteiger partial charge in [0.15, 0.2) is 0 Å². The highest BCUT2D eigenvalue weighted by Gasteiger charge is 2.29. The number of thiophene rings is 1. The van der Waals surface area contributed by atoms with Gasteiger partial charge < -0.3 is 15.1 Å². The summed E-state index contributed by atoms with van der Waals surface area (Å²) in [5, 5.41) is 21.1. The summed E-state index contributed by atoms with van der Waals surface area (Å²) in [4.78, 5) is 2.12. The van der Waals surface area contributed by atoms with Crippen molar-refractivity contribution >= 4 is 27.0 Å². The molecule has 25 heavy (non-hydrogen) atoms. The van der Waals surface area contributed by atoms with Gasteiger partial charge in [0.1, 0.15) is 9.81 Å². The maximum absolute atomic E-state index is 12.5. The van der Waals surface area contributed by atoms with E-state index >= 15 is 0 Å². The molecule has 1 aliphatic heterocycles. The Morgan fingerprint density at radius 2 is 1.76 bits per heavy atom. The van der Waals surface area contributed by atoms with Crippen LogP contribution in [0.5, 0.6) is 0 Å². The third-order valence-corrected chi connectivity index (χ3v) is 7.76. The van der Waals surface area contributed by atoms with Crippen molar-refractivity contribution in [3.05, 3.63) is 47.3 Å². The summed E-state index contributed by atoms with van der Waals surface area (Å²) >= 11 is 1.24. The first-order valence-corrected chi connectivity index (χ1v) is 10.4. The summed E-state index contributed by atoms with van der Waals surface area (Å²) in [5.74, 6) is 0. The van der Waals surface area contributed by atoms with Crippen LogP contribution >= 0.6 is 11.3 Å². The highest BCUT2D eigenvalue weighted by Crippen LogP contribution is 2.26. The molecule has 136 valence electrons. The Labute approximate surface area is 152 Å². The van der Waals surface area contributed by atoms with Gasteiger partial charge in [-0.1, -0.05) is 18.2 Å². The number of rotatable bonds is 5. The fourth-order valence-electron chi connectivity index (χ4n) is 2.85. The molecule has 8 heteroatoms. The molecule has 0 amide bonds. The zero-order valence-corrected chi connectivity index (χ0v) is 15.6. The molecule has 2 N–H and O–H groups in total. The summed E-state index contributed by atoms with van der Waals surface area (Å²) in [6.45, 7) is 3.33. The van der Waals surface area contributed by atoms with E-state index in [1.807, 2.05) is 12.1 Å². The first-order chi connectivity index (χ1) is 11.8. The standard InChI is InChI=1S/C17H22N2O4S2/c1-17(21,13-20)14-4-6-15(7-5-14)18-8-10-19(11-9-18)25(22,23)16-3-2-12-24-16/h2-7,12,20-21H,8-11,13H2,1H3/t17-/m1/s1. The van der Waals surface area contributed by atoms with Crippen LogP contribution in [-0.4, -0.2) is 55.7 Å². The van der Waals surface area contributed by atoms with Crippen molar-refractivity contribution in [2.45, 2.75) is 16.7 Å². The number of piperazine rings is 1. The van der Waals surface area contributed by atoms with Gasteiger partial charge in [-0.25, -0.2) is 8.42 Å². The van der Waals surface area contributed by atoms with Gasteiger partial charge in [0.05, 0.1) is 6.61 Å². The Kier molecular flexibility index (Phi) is 5.17. The Morgan fingerprint density at radius 3 is 2.28 bits per heavy atom. The van der Waals surface area contributed by atoms with Gasteiger partial charge in [0, 0.05) is 31.9 Å². The van der Waals surface area contributed by atoms with Crippen LogP contribution in [0.25, 0.3) is 0 Å². The second-order valence-electron chi connectivity index (χ2n) is 6.30. The molecule has 1 aromatic carbocycles. The van der Waals surface area contributed by atoms with Crippen molar-refractivity contribution < 1.29 is 18.6 Å². The number of hydrogen-bond acceptors (Lipinski definition) is 6. The molecule has 0 spiro atoms. The topological polar surface area (TPSA) is 81.1 Å². The molecule has 1 aliphatic rings. The van der Waals surface area contributed by atoms with Crippen LogP contribution in [0.1, 0.15) is 12.5 Å². The predicted molar refractivity (Wildman–Crippen MR) is 98.4 cm³/mol. The lowest BCUT2D eigenvalue weighted by Crippen LogP contribution is -2.48. The van der Waals surface area contributed by atoms with Gasteiger partial charge in [0.2, 0.25) is 0 Å². The van der Waals surface area contributed by atoms with E-state index in [2.05, 4.69) is 4.90 Å². The molecule has 0 saturated carbocycles. The second kappa shape index (κ2) is 7.05. The Bertz CT molecular complexity index is 794. The summed E-state index contributed by atoms with van der Waals surface area (Å²) in [6, 6.07) is 10.8. The van der Waals surface area contributed by atoms with E-state index in [-0.39, 0.29) is 6.61 Å². The van der Waals surface area contributed by atoms with Crippen LogP contribution in [0.4, 0.5) is 5.69 Å². The third kappa shape index (κ3) is 3.73. The maximum atomic E-state index is 12.5. The molecule has 0 radical (unpaired) electrons. The van der Waals surface area contributed by atoms with Crippen molar-refractivity contribution in [3.8, 4) is 0 Å². The summed E-state index contributed by atoms with van der Waals surface area (Å²) < 4.78 is 27.0. The number of hydrogen-bond donors (Lipinski definition) is 2. The number of aliphatic hydroxyl groups is 2. The Morgan fingerprint density at radius 1 is 1.12 bits per heavy atom. The Hall–Kier alpha value is -1.45. The van der Waals surface area contributed by atoms with E-state index in [0.29, 0.717) is 36.0 Å². The molecular formula is C17H22N2O4S2. The molecular weight excluding hydrogens is 360 g/mol. The molecule has 0 bridgehead atoms. The molecule has 1 atom stereocenters. The highest BCUT2D eigenvalue weighted by molar-refractivity contribution is 7.91. The van der Waals surface area contributed by atoms with Crippen molar-refractivity contribution in [2.24, 2.45) is 0 Å². The van der Waals surface area contributed by atoms with E-state index in [1.165, 1.54) is 15.6 Å². The maximum Gasteiger partial charge on any atom is 0.252 e. The molecule has 2 aromatic rings. The van der Waals surface area contributed by atoms with Crippen molar-refractivity contribution in [1.82, 2.24) is 4.31 Å². The Balaban J connectivity index is 1.67. The van der Waals surface area contributed by atoms with Gasteiger partial charge in [-0.2, -0.15) is 4.31 Å². The van der Waals surface area contributed by atoms with Gasteiger partial charge in [-0.3, -0.25) is 0 Å². The number of aliphatic hydroxyl groups excluding tert-OH is 1. The average Bonchev–Trinajstić information content (AvgIpc) is 3.17. The predicted octanol–water partition coefficient (Wildman–Crippen LogP) is 1.46. The summed E-state index contributed by atoms with van der Waals surface area (Å²) in [7, 11) is -3.39. The van der Waals surface area contributed by atoms with E-state index in [0.717, 1.165) is 5.69 Å². The van der Waals surface area contributed by atoms with E-state index in [9.17, 15) is 18.6 Å². The van der Waals surface area contributed by atoms with Crippen LogP contribution in [0.3, 0.4) is 0 Å². The van der Waals surface area contributed by atoms with Gasteiger partial charge in [-0.05, 0) is 36.1 Å². The van der Waals surface area contributed by atoms with Gasteiger partial charge in [0.25, 0.3) is 10.0 Å². The lowest BCUT2D eigenvalue weighted by molar-refractivity contribution is -0.00227. The normalized spacial score (nSPS) is 18.9. The quantitative estimate of drug-likeness (QED) is 0.818. The molecule has 1 fully saturated rings. The van der Waals surface area contributed by atoms with Crippen LogP contribution in [-0.2, 0) is 15.6 Å². The summed E-state index contributed by atoms with van der Waals surface area (Å²) in [6.07, 6.45) is 0. The third-order valence-electron chi connectivity index (χ3n) is 4.49. The van der Waals surface area contributed by atoms with Crippen molar-refractivity contribution in [3.63, 3.8) is 0 Å². The molecule has 6 nitrogen and oxygen atoms in total. The summed E-state index contributed by atoms with van der Waals surface area (Å²) in [5.41, 5.74) is 0.370. The first kappa shape index (κ1) is 18.3. The van der Waals surface area contributed by atoms with Crippen LogP contribution in [0, 0.1) is 0 Å². The number of nitrogens with zero attached hydrogens (tertiary/aromatic N) is 2. The number of benzene rings is 1. The monoisotopic (exact) mass is 382 g/mol. The first-order valence-electron chi connectivity index (χ1n) is 8.07. The molecule has 0 aliphatic carbocycles. The average molecular weight is 383 g/mol. The van der Waals surface area contributed by atoms with Gasteiger partial charge in [-0.15, -0.1) is 11.3 Å².